The first-order chi connectivity index (χ1) is 8.69. The number of aliphatic hydroxyl groups is 1. The zero-order valence-corrected chi connectivity index (χ0v) is 11.5. The van der Waals surface area contributed by atoms with Gasteiger partial charge in [0.05, 0.1) is 25.4 Å². The zero-order chi connectivity index (χ0) is 13.0. The van der Waals surface area contributed by atoms with E-state index in [2.05, 4.69) is 10.2 Å². The van der Waals surface area contributed by atoms with Gasteiger partial charge in [-0.25, -0.2) is 0 Å². The second kappa shape index (κ2) is 6.82. The summed E-state index contributed by atoms with van der Waals surface area (Å²) in [6.07, 6.45) is -0.345. The number of aliphatic hydroxyl groups excluding tert-OH is 1. The quantitative estimate of drug-likeness (QED) is 0.648. The minimum Gasteiger partial charge on any atom is -0.389 e. The number of hydrogen-bond acceptors (Lipinski definition) is 5. The normalized spacial score (nSPS) is 31.5. The Hall–Kier alpha value is -0.200. The Morgan fingerprint density at radius 3 is 2.56 bits per heavy atom. The van der Waals surface area contributed by atoms with Gasteiger partial charge in [-0.2, -0.15) is 0 Å². The van der Waals surface area contributed by atoms with Gasteiger partial charge in [-0.3, -0.25) is 0 Å². The molecule has 0 radical (unpaired) electrons. The molecule has 2 rings (SSSR count). The SMILES string of the molecule is COCC(C)OCC(O)CN1CC2CNCC2C1. The van der Waals surface area contributed by atoms with E-state index in [0.717, 1.165) is 44.6 Å². The van der Waals surface area contributed by atoms with Gasteiger partial charge in [0, 0.05) is 26.7 Å². The number of rotatable bonds is 7. The number of β-amino-alcohol motifs (C(OH)–C–C–N with tert-alkyl or cyclic N) is 1. The van der Waals surface area contributed by atoms with E-state index in [1.54, 1.807) is 7.11 Å². The first-order valence-electron chi connectivity index (χ1n) is 6.90. The second-order valence-corrected chi connectivity index (χ2v) is 5.65. The molecule has 2 saturated heterocycles. The van der Waals surface area contributed by atoms with Crippen LogP contribution in [0, 0.1) is 11.8 Å². The van der Waals surface area contributed by atoms with Crippen LogP contribution in [0.4, 0.5) is 0 Å². The van der Waals surface area contributed by atoms with E-state index in [4.69, 9.17) is 9.47 Å². The molecule has 4 atom stereocenters. The maximum Gasteiger partial charge on any atom is 0.0900 e. The van der Waals surface area contributed by atoms with E-state index in [1.165, 1.54) is 0 Å². The van der Waals surface area contributed by atoms with Crippen molar-refractivity contribution >= 4 is 0 Å². The molecular formula is C13H26N2O3. The van der Waals surface area contributed by atoms with E-state index < -0.39 is 6.10 Å². The third-order valence-corrected chi connectivity index (χ3v) is 3.91. The Morgan fingerprint density at radius 1 is 1.28 bits per heavy atom. The van der Waals surface area contributed by atoms with Crippen molar-refractivity contribution in [3.63, 3.8) is 0 Å². The van der Waals surface area contributed by atoms with Crippen LogP contribution in [-0.2, 0) is 9.47 Å². The lowest BCUT2D eigenvalue weighted by Gasteiger charge is -2.22. The third-order valence-electron chi connectivity index (χ3n) is 3.91. The topological polar surface area (TPSA) is 54.0 Å². The molecule has 5 heteroatoms. The summed E-state index contributed by atoms with van der Waals surface area (Å²) >= 11 is 0. The van der Waals surface area contributed by atoms with Crippen LogP contribution in [-0.4, -0.2) is 75.3 Å². The summed E-state index contributed by atoms with van der Waals surface area (Å²) in [5.41, 5.74) is 0. The van der Waals surface area contributed by atoms with E-state index >= 15 is 0 Å². The summed E-state index contributed by atoms with van der Waals surface area (Å²) < 4.78 is 10.5. The summed E-state index contributed by atoms with van der Waals surface area (Å²) in [6.45, 7) is 8.16. The summed E-state index contributed by atoms with van der Waals surface area (Å²) in [7, 11) is 1.66. The predicted molar refractivity (Wildman–Crippen MR) is 69.6 cm³/mol. The van der Waals surface area contributed by atoms with Gasteiger partial charge in [0.15, 0.2) is 0 Å². The van der Waals surface area contributed by atoms with Gasteiger partial charge >= 0.3 is 0 Å². The summed E-state index contributed by atoms with van der Waals surface area (Å²) in [4.78, 5) is 2.37. The predicted octanol–water partition coefficient (Wildman–Crippen LogP) is -0.450. The highest BCUT2D eigenvalue weighted by Crippen LogP contribution is 2.26. The van der Waals surface area contributed by atoms with E-state index in [-0.39, 0.29) is 6.10 Å². The molecule has 0 aromatic rings. The van der Waals surface area contributed by atoms with Gasteiger partial charge in [0.2, 0.25) is 0 Å². The lowest BCUT2D eigenvalue weighted by molar-refractivity contribution is -0.0386. The van der Waals surface area contributed by atoms with Gasteiger partial charge < -0.3 is 24.8 Å². The van der Waals surface area contributed by atoms with Crippen molar-refractivity contribution in [3.05, 3.63) is 0 Å². The van der Waals surface area contributed by atoms with Gasteiger partial charge in [0.25, 0.3) is 0 Å². The van der Waals surface area contributed by atoms with Gasteiger partial charge in [-0.15, -0.1) is 0 Å². The van der Waals surface area contributed by atoms with Crippen LogP contribution in [0.2, 0.25) is 0 Å². The molecule has 0 aromatic carbocycles. The van der Waals surface area contributed by atoms with Crippen molar-refractivity contribution in [1.29, 1.82) is 0 Å². The highest BCUT2D eigenvalue weighted by Gasteiger charge is 2.36. The van der Waals surface area contributed by atoms with Crippen molar-refractivity contribution in [3.8, 4) is 0 Å². The number of likely N-dealkylation sites (tertiary alicyclic amines) is 1. The fourth-order valence-corrected chi connectivity index (χ4v) is 3.01. The molecule has 2 aliphatic rings. The fraction of sp³-hybridized carbons (Fsp3) is 1.00. The van der Waals surface area contributed by atoms with Crippen molar-refractivity contribution in [2.24, 2.45) is 11.8 Å². The molecule has 0 bridgehead atoms. The lowest BCUT2D eigenvalue weighted by atomic mass is 10.0. The molecule has 0 amide bonds. The minimum absolute atomic E-state index is 0.0480. The maximum absolute atomic E-state index is 9.97. The number of nitrogens with one attached hydrogen (secondary N) is 1. The Bertz CT molecular complexity index is 240. The van der Waals surface area contributed by atoms with Crippen LogP contribution in [0.15, 0.2) is 0 Å². The smallest absolute Gasteiger partial charge is 0.0900 e. The van der Waals surface area contributed by atoms with Crippen LogP contribution in [0.1, 0.15) is 6.92 Å². The van der Waals surface area contributed by atoms with Gasteiger partial charge in [-0.05, 0) is 31.8 Å². The minimum atomic E-state index is -0.393. The molecule has 0 saturated carbocycles. The monoisotopic (exact) mass is 258 g/mol. The molecule has 0 spiro atoms. The van der Waals surface area contributed by atoms with Crippen LogP contribution >= 0.6 is 0 Å². The van der Waals surface area contributed by atoms with Gasteiger partial charge in [-0.1, -0.05) is 0 Å². The van der Waals surface area contributed by atoms with Crippen LogP contribution in [0.3, 0.4) is 0 Å². The number of hydrogen-bond donors (Lipinski definition) is 2. The average molecular weight is 258 g/mol. The Morgan fingerprint density at radius 2 is 1.94 bits per heavy atom. The van der Waals surface area contributed by atoms with Crippen molar-refractivity contribution in [1.82, 2.24) is 10.2 Å². The standard InChI is InChI=1S/C13H26N2O3/c1-10(8-17-2)18-9-13(16)7-15-5-11-3-14-4-12(11)6-15/h10-14,16H,3-9H2,1-2H3. The number of methoxy groups -OCH3 is 1. The summed E-state index contributed by atoms with van der Waals surface area (Å²) in [6, 6.07) is 0. The molecule has 4 unspecified atom stereocenters. The van der Waals surface area contributed by atoms with E-state index in [0.29, 0.717) is 13.2 Å². The molecule has 2 heterocycles. The van der Waals surface area contributed by atoms with Crippen LogP contribution in [0.25, 0.3) is 0 Å². The molecule has 2 N–H and O–H groups in total. The lowest BCUT2D eigenvalue weighted by Crippen LogP contribution is -2.36. The average Bonchev–Trinajstić information content (AvgIpc) is 2.87. The summed E-state index contributed by atoms with van der Waals surface area (Å²) in [5.74, 6) is 1.57. The van der Waals surface area contributed by atoms with Crippen LogP contribution < -0.4 is 5.32 Å². The fourth-order valence-electron chi connectivity index (χ4n) is 3.01. The van der Waals surface area contributed by atoms with E-state index in [9.17, 15) is 5.11 Å². The van der Waals surface area contributed by atoms with Gasteiger partial charge in [0.1, 0.15) is 0 Å². The molecule has 5 nitrogen and oxygen atoms in total. The highest BCUT2D eigenvalue weighted by molar-refractivity contribution is 4.91. The van der Waals surface area contributed by atoms with Crippen LogP contribution in [0.5, 0.6) is 0 Å². The maximum atomic E-state index is 9.97. The molecule has 0 aromatic heterocycles. The second-order valence-electron chi connectivity index (χ2n) is 5.65. The molecule has 2 aliphatic heterocycles. The molecule has 0 aliphatic carbocycles. The van der Waals surface area contributed by atoms with Crippen molar-refractivity contribution < 1.29 is 14.6 Å². The largest absolute Gasteiger partial charge is 0.389 e. The van der Waals surface area contributed by atoms with E-state index in [1.807, 2.05) is 6.92 Å². The van der Waals surface area contributed by atoms with Crippen molar-refractivity contribution in [2.45, 2.75) is 19.1 Å². The Balaban J connectivity index is 1.61. The Labute approximate surface area is 109 Å². The number of nitrogens with zero attached hydrogens (tertiary/aromatic N) is 1. The first-order valence-corrected chi connectivity index (χ1v) is 6.90. The molecule has 106 valence electrons. The highest BCUT2D eigenvalue weighted by atomic mass is 16.5. The Kier molecular flexibility index (Phi) is 5.38. The zero-order valence-electron chi connectivity index (χ0n) is 11.5. The first kappa shape index (κ1) is 14.2. The molecular weight excluding hydrogens is 232 g/mol. The molecule has 18 heavy (non-hydrogen) atoms. The summed E-state index contributed by atoms with van der Waals surface area (Å²) in [5, 5.41) is 13.4. The number of ether oxygens (including phenoxy) is 2. The number of fused-ring (bicyclic) bond motifs is 1. The molecule has 2 fully saturated rings. The van der Waals surface area contributed by atoms with Crippen molar-refractivity contribution in [2.75, 3.05) is 53.0 Å². The third kappa shape index (κ3) is 3.90.